The van der Waals surface area contributed by atoms with Crippen LogP contribution in [0.1, 0.15) is 37.7 Å². The zero-order valence-electron chi connectivity index (χ0n) is 12.2. The minimum atomic E-state index is -0.520. The fraction of sp³-hybridized carbons (Fsp3) is 0.643. The van der Waals surface area contributed by atoms with Crippen molar-refractivity contribution in [2.45, 2.75) is 38.1 Å². The van der Waals surface area contributed by atoms with Crippen LogP contribution in [0.5, 0.6) is 0 Å². The van der Waals surface area contributed by atoms with Crippen molar-refractivity contribution >= 4 is 5.82 Å². The molecular weight excluding hydrogens is 256 g/mol. The Morgan fingerprint density at radius 3 is 2.30 bits per heavy atom. The lowest BCUT2D eigenvalue weighted by molar-refractivity contribution is 0.422. The number of anilines is 1. The molecule has 0 radical (unpaired) electrons. The smallest absolute Gasteiger partial charge is 0.332 e. The van der Waals surface area contributed by atoms with Gasteiger partial charge in [-0.15, -0.1) is 0 Å². The summed E-state index contributed by atoms with van der Waals surface area (Å²) in [6, 6.07) is 2.24. The van der Waals surface area contributed by atoms with Crippen molar-refractivity contribution in [3.63, 3.8) is 0 Å². The van der Waals surface area contributed by atoms with E-state index in [2.05, 4.69) is 0 Å². The van der Waals surface area contributed by atoms with Crippen LogP contribution in [0.2, 0.25) is 0 Å². The van der Waals surface area contributed by atoms with Crippen molar-refractivity contribution in [3.8, 4) is 6.07 Å². The van der Waals surface area contributed by atoms with E-state index in [4.69, 9.17) is 0 Å². The highest BCUT2D eigenvalue weighted by Gasteiger charge is 2.25. The maximum Gasteiger partial charge on any atom is 0.332 e. The van der Waals surface area contributed by atoms with Gasteiger partial charge in [0.15, 0.2) is 5.56 Å². The Kier molecular flexibility index (Phi) is 3.98. The molecule has 1 aromatic heterocycles. The van der Waals surface area contributed by atoms with Gasteiger partial charge in [-0.1, -0.05) is 19.3 Å². The van der Waals surface area contributed by atoms with Crippen molar-refractivity contribution in [1.82, 2.24) is 9.13 Å². The third-order valence-electron chi connectivity index (χ3n) is 4.20. The van der Waals surface area contributed by atoms with Gasteiger partial charge >= 0.3 is 5.69 Å². The molecule has 1 aromatic rings. The average Bonchev–Trinajstić information content (AvgIpc) is 2.48. The second kappa shape index (κ2) is 5.53. The third-order valence-corrected chi connectivity index (χ3v) is 4.20. The van der Waals surface area contributed by atoms with Gasteiger partial charge in [0.2, 0.25) is 0 Å². The Morgan fingerprint density at radius 1 is 1.15 bits per heavy atom. The number of rotatable bonds is 2. The topological polar surface area (TPSA) is 71.0 Å². The molecule has 108 valence electrons. The molecular formula is C14H20N4O2. The number of nitrogens with zero attached hydrogens (tertiary/aromatic N) is 4. The summed E-state index contributed by atoms with van der Waals surface area (Å²) in [5.74, 6) is 0.438. The van der Waals surface area contributed by atoms with E-state index in [-0.39, 0.29) is 11.6 Å². The highest BCUT2D eigenvalue weighted by Crippen LogP contribution is 2.26. The molecule has 1 aliphatic rings. The van der Waals surface area contributed by atoms with E-state index in [0.29, 0.717) is 5.82 Å². The molecule has 20 heavy (non-hydrogen) atoms. The molecule has 2 rings (SSSR count). The molecule has 0 aromatic carbocycles. The number of nitriles is 1. The first-order valence-corrected chi connectivity index (χ1v) is 6.92. The van der Waals surface area contributed by atoms with Crippen LogP contribution in [0.15, 0.2) is 9.59 Å². The van der Waals surface area contributed by atoms with Crippen LogP contribution in [0.4, 0.5) is 5.82 Å². The lowest BCUT2D eigenvalue weighted by atomic mass is 9.94. The third kappa shape index (κ3) is 2.24. The summed E-state index contributed by atoms with van der Waals surface area (Å²) >= 11 is 0. The zero-order chi connectivity index (χ0) is 14.9. The quantitative estimate of drug-likeness (QED) is 0.798. The molecule has 0 saturated heterocycles. The first-order chi connectivity index (χ1) is 9.49. The molecule has 1 saturated carbocycles. The van der Waals surface area contributed by atoms with Gasteiger partial charge in [0, 0.05) is 27.2 Å². The Labute approximate surface area is 117 Å². The average molecular weight is 276 g/mol. The summed E-state index contributed by atoms with van der Waals surface area (Å²) < 4.78 is 2.38. The SMILES string of the molecule is CN(c1c(C#N)c(=O)n(C)c(=O)n1C)C1CCCCC1. The number of aromatic nitrogens is 2. The van der Waals surface area contributed by atoms with E-state index in [1.807, 2.05) is 18.0 Å². The lowest BCUT2D eigenvalue weighted by Gasteiger charge is -2.34. The van der Waals surface area contributed by atoms with Crippen LogP contribution in [0, 0.1) is 11.3 Å². The fourth-order valence-corrected chi connectivity index (χ4v) is 2.99. The summed E-state index contributed by atoms with van der Waals surface area (Å²) in [5.41, 5.74) is -0.873. The molecule has 0 amide bonds. The minimum absolute atomic E-state index is 0.0441. The molecule has 0 bridgehead atoms. The maximum atomic E-state index is 12.1. The highest BCUT2D eigenvalue weighted by atomic mass is 16.2. The predicted octanol–water partition coefficient (Wildman–Crippen LogP) is 0.725. The van der Waals surface area contributed by atoms with Crippen LogP contribution in [-0.2, 0) is 14.1 Å². The largest absolute Gasteiger partial charge is 0.357 e. The van der Waals surface area contributed by atoms with Crippen molar-refractivity contribution in [2.24, 2.45) is 14.1 Å². The van der Waals surface area contributed by atoms with Crippen molar-refractivity contribution in [3.05, 3.63) is 26.4 Å². The van der Waals surface area contributed by atoms with Crippen molar-refractivity contribution in [1.29, 1.82) is 5.26 Å². The van der Waals surface area contributed by atoms with E-state index in [9.17, 15) is 14.9 Å². The fourth-order valence-electron chi connectivity index (χ4n) is 2.99. The Morgan fingerprint density at radius 2 is 1.75 bits per heavy atom. The van der Waals surface area contributed by atoms with E-state index in [1.165, 1.54) is 18.0 Å². The van der Waals surface area contributed by atoms with Crippen molar-refractivity contribution in [2.75, 3.05) is 11.9 Å². The van der Waals surface area contributed by atoms with Gasteiger partial charge in [-0.25, -0.2) is 4.79 Å². The standard InChI is InChI=1S/C14H20N4O2/c1-16(10-7-5-4-6-8-10)12-11(9-15)13(19)18(3)14(20)17(12)2/h10H,4-8H2,1-3H3. The first-order valence-electron chi connectivity index (χ1n) is 6.92. The van der Waals surface area contributed by atoms with E-state index >= 15 is 0 Å². The van der Waals surface area contributed by atoms with Gasteiger partial charge in [-0.05, 0) is 12.8 Å². The monoisotopic (exact) mass is 276 g/mol. The molecule has 0 N–H and O–H groups in total. The number of hydrogen-bond acceptors (Lipinski definition) is 4. The highest BCUT2D eigenvalue weighted by molar-refractivity contribution is 5.53. The van der Waals surface area contributed by atoms with Crippen LogP contribution < -0.4 is 16.1 Å². The Bertz CT molecular complexity index is 659. The molecule has 1 heterocycles. The van der Waals surface area contributed by atoms with Crippen molar-refractivity contribution < 1.29 is 0 Å². The summed E-state index contributed by atoms with van der Waals surface area (Å²) in [4.78, 5) is 26.1. The van der Waals surface area contributed by atoms with Gasteiger partial charge in [0.25, 0.3) is 5.56 Å². The van der Waals surface area contributed by atoms with E-state index in [0.717, 1.165) is 30.3 Å². The van der Waals surface area contributed by atoms with Crippen LogP contribution in [0.3, 0.4) is 0 Å². The van der Waals surface area contributed by atoms with Gasteiger partial charge in [0.05, 0.1) is 0 Å². The number of hydrogen-bond donors (Lipinski definition) is 0. The molecule has 6 nitrogen and oxygen atoms in total. The maximum absolute atomic E-state index is 12.1. The Balaban J connectivity index is 2.58. The van der Waals surface area contributed by atoms with Crippen LogP contribution >= 0.6 is 0 Å². The minimum Gasteiger partial charge on any atom is -0.357 e. The predicted molar refractivity (Wildman–Crippen MR) is 76.9 cm³/mol. The van der Waals surface area contributed by atoms with Crippen LogP contribution in [0.25, 0.3) is 0 Å². The van der Waals surface area contributed by atoms with E-state index in [1.54, 1.807) is 7.05 Å². The van der Waals surface area contributed by atoms with Gasteiger partial charge < -0.3 is 4.90 Å². The Hall–Kier alpha value is -2.03. The summed E-state index contributed by atoms with van der Waals surface area (Å²) in [7, 11) is 4.87. The molecule has 0 aliphatic heterocycles. The van der Waals surface area contributed by atoms with Crippen LogP contribution in [-0.4, -0.2) is 22.2 Å². The zero-order valence-corrected chi connectivity index (χ0v) is 12.2. The normalized spacial score (nSPS) is 15.9. The molecule has 0 unspecified atom stereocenters. The van der Waals surface area contributed by atoms with E-state index < -0.39 is 11.2 Å². The summed E-state index contributed by atoms with van der Waals surface area (Å²) in [6.07, 6.45) is 5.59. The van der Waals surface area contributed by atoms with Gasteiger partial charge in [-0.3, -0.25) is 13.9 Å². The molecule has 0 spiro atoms. The second-order valence-electron chi connectivity index (χ2n) is 5.42. The van der Waals surface area contributed by atoms with Gasteiger partial charge in [-0.2, -0.15) is 5.26 Å². The molecule has 0 atom stereocenters. The molecule has 1 aliphatic carbocycles. The summed E-state index contributed by atoms with van der Waals surface area (Å²) in [5, 5.41) is 9.28. The first kappa shape index (κ1) is 14.4. The second-order valence-corrected chi connectivity index (χ2v) is 5.42. The molecule has 6 heteroatoms. The van der Waals surface area contributed by atoms with Gasteiger partial charge in [0.1, 0.15) is 11.9 Å². The molecule has 1 fully saturated rings. The summed E-state index contributed by atoms with van der Waals surface area (Å²) in [6.45, 7) is 0. The lowest BCUT2D eigenvalue weighted by Crippen LogP contribution is -2.44.